The Kier molecular flexibility index (Phi) is 5.12. The van der Waals surface area contributed by atoms with Crippen molar-refractivity contribution in [2.45, 2.75) is 43.5 Å². The monoisotopic (exact) mass is 224 g/mol. The Morgan fingerprint density at radius 3 is 2.80 bits per heavy atom. The standard InChI is InChI=1S/C12H20N2S/c1-5-9(2)15-12-8-11(6-7-14-12)10(3)13-4/h6-10,13H,5H2,1-4H3. The predicted molar refractivity (Wildman–Crippen MR) is 67.3 cm³/mol. The van der Waals surface area contributed by atoms with Gasteiger partial charge < -0.3 is 5.32 Å². The van der Waals surface area contributed by atoms with Gasteiger partial charge in [-0.25, -0.2) is 4.98 Å². The van der Waals surface area contributed by atoms with Crippen molar-refractivity contribution in [2.24, 2.45) is 0 Å². The number of nitrogens with zero attached hydrogens (tertiary/aromatic N) is 1. The molecule has 0 saturated carbocycles. The van der Waals surface area contributed by atoms with Crippen molar-refractivity contribution in [1.82, 2.24) is 10.3 Å². The third-order valence-electron chi connectivity index (χ3n) is 2.59. The topological polar surface area (TPSA) is 24.9 Å². The van der Waals surface area contributed by atoms with Gasteiger partial charge in [-0.05, 0) is 38.1 Å². The van der Waals surface area contributed by atoms with Crippen LogP contribution >= 0.6 is 11.8 Å². The molecule has 0 fully saturated rings. The zero-order valence-corrected chi connectivity index (χ0v) is 10.8. The minimum atomic E-state index is 0.393. The zero-order valence-electron chi connectivity index (χ0n) is 9.95. The molecule has 0 aliphatic carbocycles. The van der Waals surface area contributed by atoms with Crippen molar-refractivity contribution in [3.05, 3.63) is 23.9 Å². The SMILES string of the molecule is CCC(C)Sc1cc(C(C)NC)ccn1. The summed E-state index contributed by atoms with van der Waals surface area (Å²) in [4.78, 5) is 4.38. The molecular weight excluding hydrogens is 204 g/mol. The average Bonchev–Trinajstić information content (AvgIpc) is 2.28. The minimum absolute atomic E-state index is 0.393. The molecule has 15 heavy (non-hydrogen) atoms. The van der Waals surface area contributed by atoms with E-state index in [1.165, 1.54) is 12.0 Å². The average molecular weight is 224 g/mol. The van der Waals surface area contributed by atoms with Crippen LogP contribution in [0.1, 0.15) is 38.8 Å². The summed E-state index contributed by atoms with van der Waals surface area (Å²) in [5, 5.41) is 5.00. The van der Waals surface area contributed by atoms with E-state index in [-0.39, 0.29) is 0 Å². The van der Waals surface area contributed by atoms with E-state index in [0.29, 0.717) is 11.3 Å². The molecule has 0 bridgehead atoms. The highest BCUT2D eigenvalue weighted by Crippen LogP contribution is 2.25. The Balaban J connectivity index is 2.74. The summed E-state index contributed by atoms with van der Waals surface area (Å²) in [6.07, 6.45) is 3.08. The van der Waals surface area contributed by atoms with Gasteiger partial charge in [0.2, 0.25) is 0 Å². The zero-order chi connectivity index (χ0) is 11.3. The maximum atomic E-state index is 4.38. The molecule has 3 heteroatoms. The quantitative estimate of drug-likeness (QED) is 0.777. The summed E-state index contributed by atoms with van der Waals surface area (Å²) in [7, 11) is 1.98. The molecule has 1 rings (SSSR count). The Morgan fingerprint density at radius 2 is 2.20 bits per heavy atom. The number of nitrogens with one attached hydrogen (secondary N) is 1. The maximum absolute atomic E-state index is 4.38. The molecule has 0 aromatic carbocycles. The fourth-order valence-electron chi connectivity index (χ4n) is 1.21. The first-order valence-corrected chi connectivity index (χ1v) is 6.35. The fraction of sp³-hybridized carbons (Fsp3) is 0.583. The molecule has 1 heterocycles. The lowest BCUT2D eigenvalue weighted by molar-refractivity contribution is 0.649. The lowest BCUT2D eigenvalue weighted by Gasteiger charge is -2.12. The van der Waals surface area contributed by atoms with Crippen LogP contribution in [-0.4, -0.2) is 17.3 Å². The van der Waals surface area contributed by atoms with Crippen LogP contribution in [0.25, 0.3) is 0 Å². The third-order valence-corrected chi connectivity index (χ3v) is 3.79. The van der Waals surface area contributed by atoms with Gasteiger partial charge in [0.15, 0.2) is 0 Å². The minimum Gasteiger partial charge on any atom is -0.313 e. The summed E-state index contributed by atoms with van der Waals surface area (Å²) in [6, 6.07) is 4.64. The van der Waals surface area contributed by atoms with Crippen molar-refractivity contribution in [1.29, 1.82) is 0 Å². The highest BCUT2D eigenvalue weighted by atomic mass is 32.2. The number of hydrogen-bond donors (Lipinski definition) is 1. The molecule has 0 aliphatic heterocycles. The van der Waals surface area contributed by atoms with E-state index < -0.39 is 0 Å². The number of aromatic nitrogens is 1. The van der Waals surface area contributed by atoms with Crippen LogP contribution in [0.15, 0.2) is 23.4 Å². The van der Waals surface area contributed by atoms with E-state index in [9.17, 15) is 0 Å². The summed E-state index contributed by atoms with van der Waals surface area (Å²) in [5.41, 5.74) is 1.30. The summed E-state index contributed by atoms with van der Waals surface area (Å²) in [5.74, 6) is 0. The van der Waals surface area contributed by atoms with Gasteiger partial charge >= 0.3 is 0 Å². The third kappa shape index (κ3) is 3.84. The molecule has 0 spiro atoms. The molecule has 84 valence electrons. The number of hydrogen-bond acceptors (Lipinski definition) is 3. The lowest BCUT2D eigenvalue weighted by atomic mass is 10.1. The van der Waals surface area contributed by atoms with Crippen LogP contribution in [0.4, 0.5) is 0 Å². The maximum Gasteiger partial charge on any atom is 0.0965 e. The normalized spacial score (nSPS) is 14.9. The van der Waals surface area contributed by atoms with E-state index in [4.69, 9.17) is 0 Å². The van der Waals surface area contributed by atoms with Crippen LogP contribution in [0.3, 0.4) is 0 Å². The van der Waals surface area contributed by atoms with Crippen molar-refractivity contribution < 1.29 is 0 Å². The smallest absolute Gasteiger partial charge is 0.0965 e. The van der Waals surface area contributed by atoms with Crippen LogP contribution in [0, 0.1) is 0 Å². The molecular formula is C12H20N2S. The predicted octanol–water partition coefficient (Wildman–Crippen LogP) is 3.25. The second kappa shape index (κ2) is 6.13. The van der Waals surface area contributed by atoms with Gasteiger partial charge in [0.05, 0.1) is 5.03 Å². The molecule has 0 saturated heterocycles. The first-order valence-electron chi connectivity index (χ1n) is 5.47. The highest BCUT2D eigenvalue weighted by Gasteiger charge is 2.06. The highest BCUT2D eigenvalue weighted by molar-refractivity contribution is 7.99. The first-order chi connectivity index (χ1) is 7.17. The lowest BCUT2D eigenvalue weighted by Crippen LogP contribution is -2.12. The van der Waals surface area contributed by atoms with Crippen LogP contribution in [0.2, 0.25) is 0 Å². The van der Waals surface area contributed by atoms with Crippen molar-refractivity contribution >= 4 is 11.8 Å². The van der Waals surface area contributed by atoms with Gasteiger partial charge in [-0.3, -0.25) is 0 Å². The van der Waals surface area contributed by atoms with E-state index in [1.54, 1.807) is 0 Å². The van der Waals surface area contributed by atoms with E-state index >= 15 is 0 Å². The Bertz CT molecular complexity index is 301. The molecule has 2 atom stereocenters. The van der Waals surface area contributed by atoms with Gasteiger partial charge in [-0.2, -0.15) is 0 Å². The second-order valence-corrected chi connectivity index (χ2v) is 5.23. The summed E-state index contributed by atoms with van der Waals surface area (Å²) < 4.78 is 0. The Morgan fingerprint density at radius 1 is 1.47 bits per heavy atom. The Labute approximate surface area is 96.9 Å². The Hall–Kier alpha value is -0.540. The van der Waals surface area contributed by atoms with E-state index in [2.05, 4.69) is 43.2 Å². The molecule has 1 N–H and O–H groups in total. The molecule has 1 aromatic heterocycles. The van der Waals surface area contributed by atoms with Gasteiger partial charge in [0, 0.05) is 17.5 Å². The van der Waals surface area contributed by atoms with Gasteiger partial charge in [-0.1, -0.05) is 13.8 Å². The van der Waals surface area contributed by atoms with Crippen LogP contribution in [-0.2, 0) is 0 Å². The van der Waals surface area contributed by atoms with Crippen LogP contribution < -0.4 is 5.32 Å². The second-order valence-electron chi connectivity index (χ2n) is 3.77. The molecule has 0 aliphatic rings. The van der Waals surface area contributed by atoms with Gasteiger partial charge in [0.25, 0.3) is 0 Å². The largest absolute Gasteiger partial charge is 0.313 e. The van der Waals surface area contributed by atoms with Gasteiger partial charge in [-0.15, -0.1) is 11.8 Å². The molecule has 0 radical (unpaired) electrons. The van der Waals surface area contributed by atoms with Crippen molar-refractivity contribution in [3.8, 4) is 0 Å². The first kappa shape index (κ1) is 12.5. The van der Waals surface area contributed by atoms with Gasteiger partial charge in [0.1, 0.15) is 0 Å². The van der Waals surface area contributed by atoms with Crippen molar-refractivity contribution in [3.63, 3.8) is 0 Å². The van der Waals surface area contributed by atoms with E-state index in [1.807, 2.05) is 25.0 Å². The molecule has 2 nitrogen and oxygen atoms in total. The fourth-order valence-corrected chi connectivity index (χ4v) is 2.12. The summed E-state index contributed by atoms with van der Waals surface area (Å²) >= 11 is 1.85. The number of pyridine rings is 1. The van der Waals surface area contributed by atoms with Crippen molar-refractivity contribution in [2.75, 3.05) is 7.05 Å². The van der Waals surface area contributed by atoms with Crippen LogP contribution in [0.5, 0.6) is 0 Å². The molecule has 1 aromatic rings. The molecule has 2 unspecified atom stereocenters. The molecule has 0 amide bonds. The number of thioether (sulfide) groups is 1. The summed E-state index contributed by atoms with van der Waals surface area (Å²) in [6.45, 7) is 6.60. The number of rotatable bonds is 5. The van der Waals surface area contributed by atoms with E-state index in [0.717, 1.165) is 5.03 Å².